The Morgan fingerprint density at radius 2 is 1.50 bits per heavy atom. The molecule has 10 nitrogen and oxygen atoms in total. The molecule has 0 heterocycles. The maximum absolute atomic E-state index is 12.5. The minimum Gasteiger partial charge on any atom is -0.508 e. The molecule has 0 saturated heterocycles. The van der Waals surface area contributed by atoms with E-state index in [1.807, 2.05) is 0 Å². The van der Waals surface area contributed by atoms with Crippen LogP contribution in [0, 0.1) is 20.2 Å². The van der Waals surface area contributed by atoms with E-state index >= 15 is 0 Å². The molecule has 2 aromatic rings. The fraction of sp³-hybridized carbons (Fsp3) is 0. The van der Waals surface area contributed by atoms with E-state index in [1.54, 1.807) is 0 Å². The Morgan fingerprint density at radius 3 is 2.08 bits per heavy atom. The molecule has 0 aromatic heterocycles. The Hall–Kier alpha value is -3.82. The number of hydrogen-bond donors (Lipinski definition) is 2. The van der Waals surface area contributed by atoms with Gasteiger partial charge in [0.2, 0.25) is 5.75 Å². The first kappa shape index (κ1) is 15.1. The Bertz CT molecular complexity index is 979. The molecule has 0 amide bonds. The molecule has 0 radical (unpaired) electrons. The Balaban J connectivity index is 2.41. The largest absolute Gasteiger partial charge is 0.508 e. The number of hydrogen-bond acceptors (Lipinski definition) is 8. The van der Waals surface area contributed by atoms with Crippen molar-refractivity contribution in [1.29, 1.82) is 0 Å². The molecular formula is C14H6N2O8. The minimum atomic E-state index is -1.27. The molecule has 24 heavy (non-hydrogen) atoms. The number of fused-ring (bicyclic) bond motifs is 2. The number of nitro groups is 2. The van der Waals surface area contributed by atoms with Gasteiger partial charge in [0.25, 0.3) is 0 Å². The van der Waals surface area contributed by atoms with Crippen LogP contribution >= 0.6 is 0 Å². The molecule has 0 fully saturated rings. The summed E-state index contributed by atoms with van der Waals surface area (Å²) in [5, 5.41) is 41.5. The first-order valence-corrected chi connectivity index (χ1v) is 6.35. The van der Waals surface area contributed by atoms with Crippen LogP contribution in [0.15, 0.2) is 24.3 Å². The minimum absolute atomic E-state index is 0.132. The highest BCUT2D eigenvalue weighted by molar-refractivity contribution is 6.30. The number of carbonyl (C=O) groups is 2. The van der Waals surface area contributed by atoms with Gasteiger partial charge in [-0.2, -0.15) is 0 Å². The molecule has 0 unspecified atom stereocenters. The Labute approximate surface area is 131 Å². The molecule has 1 aliphatic rings. The van der Waals surface area contributed by atoms with Gasteiger partial charge < -0.3 is 10.2 Å². The topological polar surface area (TPSA) is 161 Å². The number of phenols is 2. The van der Waals surface area contributed by atoms with Crippen LogP contribution in [0.2, 0.25) is 0 Å². The summed E-state index contributed by atoms with van der Waals surface area (Å²) >= 11 is 0. The lowest BCUT2D eigenvalue weighted by Crippen LogP contribution is -2.21. The molecule has 3 rings (SSSR count). The van der Waals surface area contributed by atoms with Gasteiger partial charge in [-0.25, -0.2) is 0 Å². The van der Waals surface area contributed by atoms with Crippen LogP contribution in [0.4, 0.5) is 11.4 Å². The highest BCUT2D eigenvalue weighted by Crippen LogP contribution is 2.44. The van der Waals surface area contributed by atoms with Gasteiger partial charge in [0, 0.05) is 22.8 Å². The van der Waals surface area contributed by atoms with Crippen molar-refractivity contribution in [2.75, 3.05) is 0 Å². The average molecular weight is 330 g/mol. The number of nitro benzene ring substituents is 2. The first-order chi connectivity index (χ1) is 11.2. The van der Waals surface area contributed by atoms with Gasteiger partial charge >= 0.3 is 11.4 Å². The third kappa shape index (κ3) is 1.90. The van der Waals surface area contributed by atoms with Gasteiger partial charge in [-0.05, 0) is 18.2 Å². The van der Waals surface area contributed by atoms with Crippen molar-refractivity contribution in [3.63, 3.8) is 0 Å². The van der Waals surface area contributed by atoms with Crippen LogP contribution in [0.3, 0.4) is 0 Å². The van der Waals surface area contributed by atoms with E-state index in [0.717, 1.165) is 18.2 Å². The Kier molecular flexibility index (Phi) is 3.04. The molecule has 0 saturated carbocycles. The normalized spacial score (nSPS) is 12.5. The maximum atomic E-state index is 12.5. The summed E-state index contributed by atoms with van der Waals surface area (Å²) in [5.74, 6) is -3.36. The zero-order valence-corrected chi connectivity index (χ0v) is 11.5. The van der Waals surface area contributed by atoms with Gasteiger partial charge in [-0.1, -0.05) is 0 Å². The molecule has 1 aliphatic carbocycles. The number of nitrogens with zero attached hydrogens (tertiary/aromatic N) is 2. The molecule has 2 N–H and O–H groups in total. The number of ketones is 2. The van der Waals surface area contributed by atoms with Gasteiger partial charge in [0.1, 0.15) is 5.75 Å². The molecule has 0 spiro atoms. The molecule has 120 valence electrons. The maximum Gasteiger partial charge on any atom is 0.387 e. The quantitative estimate of drug-likeness (QED) is 0.530. The van der Waals surface area contributed by atoms with Crippen molar-refractivity contribution < 1.29 is 29.6 Å². The van der Waals surface area contributed by atoms with Crippen molar-refractivity contribution in [1.82, 2.24) is 0 Å². The van der Waals surface area contributed by atoms with E-state index in [9.17, 15) is 40.0 Å². The van der Waals surface area contributed by atoms with Crippen LogP contribution in [0.5, 0.6) is 11.5 Å². The lowest BCUT2D eigenvalue weighted by atomic mass is 9.83. The fourth-order valence-corrected chi connectivity index (χ4v) is 2.57. The van der Waals surface area contributed by atoms with Crippen LogP contribution in [0.25, 0.3) is 0 Å². The second-order valence-corrected chi connectivity index (χ2v) is 4.92. The number of carbonyl (C=O) groups excluding carboxylic acids is 2. The van der Waals surface area contributed by atoms with E-state index in [2.05, 4.69) is 0 Å². The zero-order valence-electron chi connectivity index (χ0n) is 11.5. The predicted octanol–water partition coefficient (Wildman–Crippen LogP) is 1.69. The third-order valence-electron chi connectivity index (χ3n) is 3.60. The molecule has 2 aromatic carbocycles. The van der Waals surface area contributed by atoms with Crippen molar-refractivity contribution in [3.05, 3.63) is 66.7 Å². The van der Waals surface area contributed by atoms with Crippen molar-refractivity contribution in [3.8, 4) is 11.5 Å². The number of rotatable bonds is 2. The highest BCUT2D eigenvalue weighted by atomic mass is 16.6. The summed E-state index contributed by atoms with van der Waals surface area (Å²) in [4.78, 5) is 44.6. The molecule has 0 bridgehead atoms. The summed E-state index contributed by atoms with van der Waals surface area (Å²) < 4.78 is 0. The Morgan fingerprint density at radius 1 is 0.833 bits per heavy atom. The summed E-state index contributed by atoms with van der Waals surface area (Å²) in [5.41, 5.74) is -3.97. The monoisotopic (exact) mass is 330 g/mol. The van der Waals surface area contributed by atoms with Crippen LogP contribution in [-0.2, 0) is 0 Å². The van der Waals surface area contributed by atoms with E-state index in [0.29, 0.717) is 6.07 Å². The van der Waals surface area contributed by atoms with Gasteiger partial charge in [0.05, 0.1) is 15.4 Å². The third-order valence-corrected chi connectivity index (χ3v) is 3.60. The van der Waals surface area contributed by atoms with Gasteiger partial charge in [0.15, 0.2) is 11.6 Å². The number of benzene rings is 2. The average Bonchev–Trinajstić information content (AvgIpc) is 2.51. The van der Waals surface area contributed by atoms with E-state index in [-0.39, 0.29) is 16.9 Å². The molecule has 0 atom stereocenters. The predicted molar refractivity (Wildman–Crippen MR) is 76.4 cm³/mol. The van der Waals surface area contributed by atoms with Gasteiger partial charge in [-0.3, -0.25) is 29.8 Å². The van der Waals surface area contributed by atoms with Crippen LogP contribution in [-0.4, -0.2) is 31.6 Å². The summed E-state index contributed by atoms with van der Waals surface area (Å²) in [6.07, 6.45) is 0. The number of phenolic OH excluding ortho intramolecular Hbond substituents is 2. The van der Waals surface area contributed by atoms with Crippen LogP contribution < -0.4 is 0 Å². The second kappa shape index (κ2) is 4.84. The van der Waals surface area contributed by atoms with Crippen molar-refractivity contribution >= 4 is 22.9 Å². The standard InChI is InChI=1S/C14H6N2O8/c17-5-1-2-6-7(3-5)13(19)10-8(12(6)18)4-9(15(21)22)11(14(10)20)16(23)24/h1-4,17,20H. The second-order valence-electron chi connectivity index (χ2n) is 4.92. The summed E-state index contributed by atoms with van der Waals surface area (Å²) in [7, 11) is 0. The van der Waals surface area contributed by atoms with E-state index in [4.69, 9.17) is 0 Å². The lowest BCUT2D eigenvalue weighted by Gasteiger charge is -2.18. The summed E-state index contributed by atoms with van der Waals surface area (Å²) in [6.45, 7) is 0. The van der Waals surface area contributed by atoms with Crippen LogP contribution in [0.1, 0.15) is 31.8 Å². The van der Waals surface area contributed by atoms with E-state index < -0.39 is 49.7 Å². The SMILES string of the molecule is O=C1c2ccc(O)cc2C(=O)c2c1cc([N+](=O)[O-])c([N+](=O)[O-])c2O. The molecule has 0 aliphatic heterocycles. The number of aromatic hydroxyl groups is 2. The highest BCUT2D eigenvalue weighted by Gasteiger charge is 2.41. The molecular weight excluding hydrogens is 324 g/mol. The van der Waals surface area contributed by atoms with Gasteiger partial charge in [-0.15, -0.1) is 0 Å². The zero-order chi connectivity index (χ0) is 17.8. The smallest absolute Gasteiger partial charge is 0.387 e. The van der Waals surface area contributed by atoms with Crippen molar-refractivity contribution in [2.45, 2.75) is 0 Å². The van der Waals surface area contributed by atoms with Crippen molar-refractivity contribution in [2.24, 2.45) is 0 Å². The van der Waals surface area contributed by atoms with E-state index in [1.165, 1.54) is 0 Å². The molecule has 10 heteroatoms. The first-order valence-electron chi connectivity index (χ1n) is 6.35. The summed E-state index contributed by atoms with van der Waals surface area (Å²) in [6, 6.07) is 3.88. The lowest BCUT2D eigenvalue weighted by molar-refractivity contribution is -0.423. The fourth-order valence-electron chi connectivity index (χ4n) is 2.57.